The summed E-state index contributed by atoms with van der Waals surface area (Å²) >= 11 is 0. The van der Waals surface area contributed by atoms with E-state index in [4.69, 9.17) is 14.6 Å². The molecule has 0 aliphatic carbocycles. The molecule has 1 heterocycles. The van der Waals surface area contributed by atoms with Crippen molar-refractivity contribution in [3.05, 3.63) is 59.4 Å². The second-order valence-electron chi connectivity index (χ2n) is 4.79. The summed E-state index contributed by atoms with van der Waals surface area (Å²) in [4.78, 5) is 0. The third-order valence-corrected chi connectivity index (χ3v) is 3.32. The van der Waals surface area contributed by atoms with Gasteiger partial charge in [-0.05, 0) is 29.3 Å². The fourth-order valence-corrected chi connectivity index (χ4v) is 2.29. The van der Waals surface area contributed by atoms with Crippen LogP contribution < -0.4 is 9.47 Å². The topological polar surface area (TPSA) is 38.7 Å². The SMILES string of the molecule is OCc1ccc(OCC2Cc3ccccc3O2)c(F)c1. The number of fused-ring (bicyclic) bond motifs is 1. The minimum atomic E-state index is -0.466. The fourth-order valence-electron chi connectivity index (χ4n) is 2.29. The Morgan fingerprint density at radius 3 is 2.85 bits per heavy atom. The highest BCUT2D eigenvalue weighted by atomic mass is 19.1. The van der Waals surface area contributed by atoms with Crippen molar-refractivity contribution >= 4 is 0 Å². The maximum absolute atomic E-state index is 13.7. The van der Waals surface area contributed by atoms with E-state index in [0.717, 1.165) is 17.7 Å². The van der Waals surface area contributed by atoms with E-state index in [-0.39, 0.29) is 18.5 Å². The minimum absolute atomic E-state index is 0.0932. The van der Waals surface area contributed by atoms with Crippen LogP contribution in [0.1, 0.15) is 11.1 Å². The second kappa shape index (κ2) is 5.51. The Kier molecular flexibility index (Phi) is 3.56. The van der Waals surface area contributed by atoms with Gasteiger partial charge in [-0.2, -0.15) is 0 Å². The summed E-state index contributed by atoms with van der Waals surface area (Å²) in [5.74, 6) is 0.589. The van der Waals surface area contributed by atoms with Crippen LogP contribution in [-0.2, 0) is 13.0 Å². The van der Waals surface area contributed by atoms with E-state index in [1.54, 1.807) is 6.07 Å². The molecule has 0 spiro atoms. The fraction of sp³-hybridized carbons (Fsp3) is 0.250. The molecule has 1 aliphatic heterocycles. The van der Waals surface area contributed by atoms with Crippen LogP contribution in [0.4, 0.5) is 4.39 Å². The number of halogens is 1. The third-order valence-electron chi connectivity index (χ3n) is 3.32. The van der Waals surface area contributed by atoms with E-state index in [0.29, 0.717) is 12.2 Å². The highest BCUT2D eigenvalue weighted by Crippen LogP contribution is 2.28. The lowest BCUT2D eigenvalue weighted by molar-refractivity contribution is 0.145. The van der Waals surface area contributed by atoms with Crippen molar-refractivity contribution in [1.82, 2.24) is 0 Å². The van der Waals surface area contributed by atoms with Crippen LogP contribution in [0.15, 0.2) is 42.5 Å². The Morgan fingerprint density at radius 1 is 1.25 bits per heavy atom. The molecule has 1 aliphatic rings. The first-order valence-corrected chi connectivity index (χ1v) is 6.53. The van der Waals surface area contributed by atoms with Gasteiger partial charge in [0.2, 0.25) is 0 Å². The molecule has 0 saturated heterocycles. The maximum atomic E-state index is 13.7. The molecule has 20 heavy (non-hydrogen) atoms. The number of hydrogen-bond acceptors (Lipinski definition) is 3. The Bertz CT molecular complexity index is 587. The lowest BCUT2D eigenvalue weighted by Crippen LogP contribution is -2.22. The van der Waals surface area contributed by atoms with Crippen molar-refractivity contribution in [3.63, 3.8) is 0 Å². The number of aliphatic hydroxyl groups excluding tert-OH is 1. The van der Waals surface area contributed by atoms with Gasteiger partial charge in [0.15, 0.2) is 11.6 Å². The lowest BCUT2D eigenvalue weighted by atomic mass is 10.1. The van der Waals surface area contributed by atoms with Crippen LogP contribution in [0.5, 0.6) is 11.5 Å². The van der Waals surface area contributed by atoms with Gasteiger partial charge in [0.1, 0.15) is 18.5 Å². The number of ether oxygens (including phenoxy) is 2. The molecule has 0 aromatic heterocycles. The van der Waals surface area contributed by atoms with E-state index >= 15 is 0 Å². The van der Waals surface area contributed by atoms with Crippen molar-refractivity contribution < 1.29 is 19.0 Å². The molecule has 2 aromatic rings. The molecule has 1 N–H and O–H groups in total. The van der Waals surface area contributed by atoms with Crippen LogP contribution in [0, 0.1) is 5.82 Å². The number of rotatable bonds is 4. The third kappa shape index (κ3) is 2.60. The summed E-state index contributed by atoms with van der Waals surface area (Å²) < 4.78 is 24.9. The molecule has 0 saturated carbocycles. The molecular formula is C16H15FO3. The van der Waals surface area contributed by atoms with Crippen LogP contribution in [0.3, 0.4) is 0 Å². The van der Waals surface area contributed by atoms with Crippen molar-refractivity contribution in [2.24, 2.45) is 0 Å². The first-order chi connectivity index (χ1) is 9.76. The molecular weight excluding hydrogens is 259 g/mol. The van der Waals surface area contributed by atoms with Gasteiger partial charge >= 0.3 is 0 Å². The average molecular weight is 274 g/mol. The van der Waals surface area contributed by atoms with Gasteiger partial charge in [-0.3, -0.25) is 0 Å². The highest BCUT2D eigenvalue weighted by Gasteiger charge is 2.23. The molecule has 1 unspecified atom stereocenters. The van der Waals surface area contributed by atoms with Gasteiger partial charge in [0.25, 0.3) is 0 Å². The van der Waals surface area contributed by atoms with Crippen LogP contribution in [-0.4, -0.2) is 17.8 Å². The lowest BCUT2D eigenvalue weighted by Gasteiger charge is -2.13. The summed E-state index contributed by atoms with van der Waals surface area (Å²) in [6.07, 6.45) is 0.677. The molecule has 0 fully saturated rings. The highest BCUT2D eigenvalue weighted by molar-refractivity contribution is 5.37. The Labute approximate surface area is 116 Å². The average Bonchev–Trinajstić information content (AvgIpc) is 2.88. The summed E-state index contributed by atoms with van der Waals surface area (Å²) in [5, 5.41) is 8.93. The molecule has 0 radical (unpaired) electrons. The Morgan fingerprint density at radius 2 is 2.10 bits per heavy atom. The molecule has 1 atom stereocenters. The molecule has 3 nitrogen and oxygen atoms in total. The molecule has 104 valence electrons. The van der Waals surface area contributed by atoms with E-state index in [9.17, 15) is 4.39 Å². The zero-order valence-electron chi connectivity index (χ0n) is 10.9. The minimum Gasteiger partial charge on any atom is -0.487 e. The van der Waals surface area contributed by atoms with E-state index < -0.39 is 5.82 Å². The normalized spacial score (nSPS) is 16.6. The van der Waals surface area contributed by atoms with Gasteiger partial charge in [-0.1, -0.05) is 24.3 Å². The molecule has 0 bridgehead atoms. The smallest absolute Gasteiger partial charge is 0.165 e. The summed E-state index contributed by atoms with van der Waals surface area (Å²) in [6.45, 7) is 0.113. The van der Waals surface area contributed by atoms with Crippen LogP contribution in [0.25, 0.3) is 0 Å². The van der Waals surface area contributed by atoms with Crippen LogP contribution >= 0.6 is 0 Å². The number of hydrogen-bond donors (Lipinski definition) is 1. The molecule has 2 aromatic carbocycles. The quantitative estimate of drug-likeness (QED) is 0.931. The predicted molar refractivity (Wildman–Crippen MR) is 72.4 cm³/mol. The maximum Gasteiger partial charge on any atom is 0.165 e. The summed E-state index contributed by atoms with van der Waals surface area (Å²) in [7, 11) is 0. The van der Waals surface area contributed by atoms with E-state index in [1.807, 2.05) is 24.3 Å². The number of para-hydroxylation sites is 1. The largest absolute Gasteiger partial charge is 0.487 e. The summed E-state index contributed by atoms with van der Waals surface area (Å²) in [5.41, 5.74) is 1.68. The van der Waals surface area contributed by atoms with Gasteiger partial charge in [0, 0.05) is 6.42 Å². The van der Waals surface area contributed by atoms with E-state index in [1.165, 1.54) is 12.1 Å². The number of benzene rings is 2. The van der Waals surface area contributed by atoms with Crippen molar-refractivity contribution in [2.75, 3.05) is 6.61 Å². The first kappa shape index (κ1) is 12.9. The zero-order chi connectivity index (χ0) is 13.9. The van der Waals surface area contributed by atoms with Gasteiger partial charge in [0.05, 0.1) is 6.61 Å². The van der Waals surface area contributed by atoms with Crippen molar-refractivity contribution in [2.45, 2.75) is 19.1 Å². The van der Waals surface area contributed by atoms with Gasteiger partial charge in [-0.15, -0.1) is 0 Å². The monoisotopic (exact) mass is 274 g/mol. The Hall–Kier alpha value is -2.07. The molecule has 4 heteroatoms. The van der Waals surface area contributed by atoms with Gasteiger partial charge < -0.3 is 14.6 Å². The van der Waals surface area contributed by atoms with Crippen molar-refractivity contribution in [1.29, 1.82) is 0 Å². The zero-order valence-corrected chi connectivity index (χ0v) is 10.9. The summed E-state index contributed by atoms with van der Waals surface area (Å²) in [6, 6.07) is 12.3. The van der Waals surface area contributed by atoms with E-state index in [2.05, 4.69) is 0 Å². The van der Waals surface area contributed by atoms with Crippen LogP contribution in [0.2, 0.25) is 0 Å². The second-order valence-corrected chi connectivity index (χ2v) is 4.79. The van der Waals surface area contributed by atoms with Crippen molar-refractivity contribution in [3.8, 4) is 11.5 Å². The standard InChI is InChI=1S/C16H15FO3/c17-14-7-11(9-18)5-6-16(14)19-10-13-8-12-3-1-2-4-15(12)20-13/h1-7,13,18H,8-10H2. The number of aliphatic hydroxyl groups is 1. The molecule has 3 rings (SSSR count). The van der Waals surface area contributed by atoms with Gasteiger partial charge in [-0.25, -0.2) is 4.39 Å². The first-order valence-electron chi connectivity index (χ1n) is 6.53. The molecule has 0 amide bonds. The predicted octanol–water partition coefficient (Wildman–Crippen LogP) is 2.70. The Balaban J connectivity index is 1.61.